The van der Waals surface area contributed by atoms with Gasteiger partial charge in [-0.25, -0.2) is 14.4 Å². The highest BCUT2D eigenvalue weighted by Crippen LogP contribution is 2.10. The summed E-state index contributed by atoms with van der Waals surface area (Å²) in [5.74, 6) is 0.222. The molecule has 1 fully saturated rings. The summed E-state index contributed by atoms with van der Waals surface area (Å²) in [4.78, 5) is 12.4. The molecule has 1 aromatic heterocycles. The number of halogens is 1. The summed E-state index contributed by atoms with van der Waals surface area (Å²) in [5, 5.41) is 0. The summed E-state index contributed by atoms with van der Waals surface area (Å²) >= 11 is 0. The molecule has 0 spiro atoms. The van der Waals surface area contributed by atoms with Gasteiger partial charge in [0.2, 0.25) is 5.95 Å². The minimum absolute atomic E-state index is 0.393. The normalized spacial score (nSPS) is 17.4. The fraction of sp³-hybridized carbons (Fsp3) is 0.636. The minimum Gasteiger partial charge on any atom is -0.338 e. The van der Waals surface area contributed by atoms with Crippen LogP contribution in [-0.2, 0) is 0 Å². The van der Waals surface area contributed by atoms with Gasteiger partial charge in [-0.2, -0.15) is 0 Å². The van der Waals surface area contributed by atoms with Crippen LogP contribution in [0.5, 0.6) is 0 Å². The Hall–Kier alpha value is -1.27. The third kappa shape index (κ3) is 3.34. The Labute approximate surface area is 100 Å². The lowest BCUT2D eigenvalue weighted by molar-refractivity contribution is 0.255. The molecule has 0 aliphatic carbocycles. The molecular formula is C11H18FN5. The molecule has 1 aliphatic heterocycles. The SMILES string of the molecule is NCCCN1CCN(c2ncc(F)cn2)CC1. The van der Waals surface area contributed by atoms with Gasteiger partial charge in [0.15, 0.2) is 5.82 Å². The van der Waals surface area contributed by atoms with Crippen molar-refractivity contribution in [2.75, 3.05) is 44.2 Å². The van der Waals surface area contributed by atoms with E-state index < -0.39 is 5.82 Å². The van der Waals surface area contributed by atoms with Crippen LogP contribution in [0.15, 0.2) is 12.4 Å². The molecule has 2 N–H and O–H groups in total. The quantitative estimate of drug-likeness (QED) is 0.806. The topological polar surface area (TPSA) is 58.3 Å². The molecular weight excluding hydrogens is 221 g/mol. The van der Waals surface area contributed by atoms with E-state index in [9.17, 15) is 4.39 Å². The average molecular weight is 239 g/mol. The lowest BCUT2D eigenvalue weighted by Crippen LogP contribution is -2.47. The summed E-state index contributed by atoms with van der Waals surface area (Å²) in [5.41, 5.74) is 5.49. The molecule has 2 heterocycles. The van der Waals surface area contributed by atoms with Crippen LogP contribution >= 0.6 is 0 Å². The van der Waals surface area contributed by atoms with Gasteiger partial charge in [0, 0.05) is 26.2 Å². The smallest absolute Gasteiger partial charge is 0.225 e. The van der Waals surface area contributed by atoms with E-state index >= 15 is 0 Å². The Morgan fingerprint density at radius 1 is 1.18 bits per heavy atom. The maximum atomic E-state index is 12.7. The van der Waals surface area contributed by atoms with Crippen molar-refractivity contribution in [3.63, 3.8) is 0 Å². The van der Waals surface area contributed by atoms with Crippen molar-refractivity contribution >= 4 is 5.95 Å². The summed E-state index contributed by atoms with van der Waals surface area (Å²) < 4.78 is 12.7. The Balaban J connectivity index is 1.84. The van der Waals surface area contributed by atoms with E-state index in [-0.39, 0.29) is 0 Å². The first-order chi connectivity index (χ1) is 8.29. The van der Waals surface area contributed by atoms with E-state index in [0.717, 1.165) is 45.7 Å². The molecule has 0 radical (unpaired) electrons. The van der Waals surface area contributed by atoms with Crippen molar-refractivity contribution in [3.8, 4) is 0 Å². The zero-order valence-corrected chi connectivity index (χ0v) is 9.85. The molecule has 0 bridgehead atoms. The van der Waals surface area contributed by atoms with E-state index in [1.807, 2.05) is 0 Å². The first-order valence-corrected chi connectivity index (χ1v) is 5.94. The molecule has 0 atom stereocenters. The van der Waals surface area contributed by atoms with Crippen molar-refractivity contribution in [1.29, 1.82) is 0 Å². The van der Waals surface area contributed by atoms with E-state index in [1.54, 1.807) is 0 Å². The third-order valence-corrected chi connectivity index (χ3v) is 2.94. The number of rotatable bonds is 4. The molecule has 1 aromatic rings. The maximum Gasteiger partial charge on any atom is 0.225 e. The van der Waals surface area contributed by atoms with Crippen LogP contribution in [0.1, 0.15) is 6.42 Å². The van der Waals surface area contributed by atoms with Crippen LogP contribution in [-0.4, -0.2) is 54.1 Å². The summed E-state index contributed by atoms with van der Waals surface area (Å²) in [7, 11) is 0. The van der Waals surface area contributed by atoms with Crippen LogP contribution in [0.25, 0.3) is 0 Å². The van der Waals surface area contributed by atoms with Gasteiger partial charge in [0.1, 0.15) is 0 Å². The zero-order chi connectivity index (χ0) is 12.1. The van der Waals surface area contributed by atoms with Gasteiger partial charge in [0.05, 0.1) is 12.4 Å². The summed E-state index contributed by atoms with van der Waals surface area (Å²) in [6.45, 7) is 5.53. The first kappa shape index (κ1) is 12.2. The first-order valence-electron chi connectivity index (χ1n) is 5.94. The maximum absolute atomic E-state index is 12.7. The van der Waals surface area contributed by atoms with Gasteiger partial charge in [-0.15, -0.1) is 0 Å². The van der Waals surface area contributed by atoms with Crippen LogP contribution in [0, 0.1) is 5.82 Å². The van der Waals surface area contributed by atoms with Gasteiger partial charge in [-0.3, -0.25) is 4.90 Å². The van der Waals surface area contributed by atoms with E-state index in [4.69, 9.17) is 5.73 Å². The molecule has 0 aromatic carbocycles. The second kappa shape index (κ2) is 5.88. The predicted octanol–water partition coefficient (Wildman–Crippen LogP) is 0.0865. The second-order valence-electron chi connectivity index (χ2n) is 4.17. The number of anilines is 1. The minimum atomic E-state index is -0.393. The van der Waals surface area contributed by atoms with E-state index in [0.29, 0.717) is 5.95 Å². The van der Waals surface area contributed by atoms with Crippen LogP contribution in [0.4, 0.5) is 10.3 Å². The van der Waals surface area contributed by atoms with Gasteiger partial charge in [0.25, 0.3) is 0 Å². The van der Waals surface area contributed by atoms with Crippen LogP contribution in [0.3, 0.4) is 0 Å². The molecule has 0 amide bonds. The summed E-state index contributed by atoms with van der Waals surface area (Å²) in [6, 6.07) is 0. The molecule has 2 rings (SSSR count). The molecule has 6 heteroatoms. The van der Waals surface area contributed by atoms with E-state index in [2.05, 4.69) is 19.8 Å². The van der Waals surface area contributed by atoms with Crippen LogP contribution in [0.2, 0.25) is 0 Å². The molecule has 1 aliphatic rings. The van der Waals surface area contributed by atoms with Gasteiger partial charge in [-0.1, -0.05) is 0 Å². The highest BCUT2D eigenvalue weighted by molar-refractivity contribution is 5.29. The van der Waals surface area contributed by atoms with Gasteiger partial charge in [-0.05, 0) is 19.5 Å². The van der Waals surface area contributed by atoms with Crippen molar-refractivity contribution in [1.82, 2.24) is 14.9 Å². The molecule has 0 unspecified atom stereocenters. The third-order valence-electron chi connectivity index (χ3n) is 2.94. The standard InChI is InChI=1S/C11H18FN5/c12-10-8-14-11(15-9-10)17-6-4-16(5-7-17)3-1-2-13/h8-9H,1-7,13H2. The highest BCUT2D eigenvalue weighted by atomic mass is 19.1. The molecule has 5 nitrogen and oxygen atoms in total. The molecule has 0 saturated carbocycles. The average Bonchev–Trinajstić information content (AvgIpc) is 2.38. The monoisotopic (exact) mass is 239 g/mol. The predicted molar refractivity (Wildman–Crippen MR) is 64.3 cm³/mol. The number of hydrogen-bond acceptors (Lipinski definition) is 5. The number of nitrogens with zero attached hydrogens (tertiary/aromatic N) is 4. The van der Waals surface area contributed by atoms with Gasteiger partial charge < -0.3 is 10.6 Å². The second-order valence-corrected chi connectivity index (χ2v) is 4.17. The Morgan fingerprint density at radius 2 is 1.82 bits per heavy atom. The summed E-state index contributed by atoms with van der Waals surface area (Å²) in [6.07, 6.45) is 3.46. The van der Waals surface area contributed by atoms with Crippen molar-refractivity contribution in [3.05, 3.63) is 18.2 Å². The zero-order valence-electron chi connectivity index (χ0n) is 9.85. The Kier molecular flexibility index (Phi) is 4.22. The number of piperazine rings is 1. The molecule has 1 saturated heterocycles. The highest BCUT2D eigenvalue weighted by Gasteiger charge is 2.18. The fourth-order valence-corrected chi connectivity index (χ4v) is 1.96. The van der Waals surface area contributed by atoms with Crippen molar-refractivity contribution in [2.45, 2.75) is 6.42 Å². The largest absolute Gasteiger partial charge is 0.338 e. The Bertz CT molecular complexity index is 334. The molecule has 17 heavy (non-hydrogen) atoms. The van der Waals surface area contributed by atoms with Crippen LogP contribution < -0.4 is 10.6 Å². The number of aromatic nitrogens is 2. The lowest BCUT2D eigenvalue weighted by Gasteiger charge is -2.34. The number of hydrogen-bond donors (Lipinski definition) is 1. The Morgan fingerprint density at radius 3 is 2.41 bits per heavy atom. The fourth-order valence-electron chi connectivity index (χ4n) is 1.96. The molecule has 94 valence electrons. The number of nitrogens with two attached hydrogens (primary N) is 1. The van der Waals surface area contributed by atoms with Crippen molar-refractivity contribution in [2.24, 2.45) is 5.73 Å². The van der Waals surface area contributed by atoms with Crippen molar-refractivity contribution < 1.29 is 4.39 Å². The van der Waals surface area contributed by atoms with Gasteiger partial charge >= 0.3 is 0 Å². The van der Waals surface area contributed by atoms with E-state index in [1.165, 1.54) is 12.4 Å². The lowest BCUT2D eigenvalue weighted by atomic mass is 10.3.